The molecular weight excluding hydrogens is 705 g/mol. The Hall–Kier alpha value is -1.42. The first-order valence-electron chi connectivity index (χ1n) is 16.1. The monoisotopic (exact) mass is 752 g/mol. The maximum Gasteiger partial charge on any atom is 0.143 e. The van der Waals surface area contributed by atoms with Gasteiger partial charge in [0.1, 0.15) is 11.5 Å². The Morgan fingerprint density at radius 2 is 0.521 bits per heavy atom. The Morgan fingerprint density at radius 1 is 0.354 bits per heavy atom. The highest BCUT2D eigenvalue weighted by Gasteiger charge is 2.27. The minimum atomic E-state index is -0.139. The summed E-state index contributed by atoms with van der Waals surface area (Å²) in [5.41, 5.74) is 4.08. The summed E-state index contributed by atoms with van der Waals surface area (Å²) in [6, 6.07) is 17.3. The normalized spacial score (nSPS) is 14.3. The van der Waals surface area contributed by atoms with Crippen LogP contribution in [0.25, 0.3) is 0 Å². The predicted octanol–water partition coefficient (Wildman–Crippen LogP) is 13.8. The number of phenols is 2. The van der Waals surface area contributed by atoms with Gasteiger partial charge in [-0.25, -0.2) is 0 Å². The highest BCUT2D eigenvalue weighted by molar-refractivity contribution is 8.02. The first-order valence-corrected chi connectivity index (χ1v) is 20.3. The Kier molecular flexibility index (Phi) is 10.5. The summed E-state index contributed by atoms with van der Waals surface area (Å²) >= 11 is 16.5. The van der Waals surface area contributed by atoms with E-state index in [4.69, 9.17) is 25.3 Å². The van der Waals surface area contributed by atoms with Crippen molar-refractivity contribution in [3.8, 4) is 11.5 Å². The summed E-state index contributed by atoms with van der Waals surface area (Å²) < 4.78 is 0. The van der Waals surface area contributed by atoms with Crippen LogP contribution in [0.1, 0.15) is 105 Å². The molecule has 1 aliphatic rings. The van der Waals surface area contributed by atoms with Crippen molar-refractivity contribution in [2.75, 3.05) is 0 Å². The molecule has 0 atom stereocenters. The Balaban J connectivity index is 1.89. The maximum absolute atomic E-state index is 12.0. The van der Waals surface area contributed by atoms with Crippen LogP contribution in [0.5, 0.6) is 11.5 Å². The average molecular weight is 753 g/mol. The molecule has 1 heterocycles. The van der Waals surface area contributed by atoms with Crippen molar-refractivity contribution in [2.45, 2.75) is 154 Å². The minimum absolute atomic E-state index is 0.129. The number of phenolic OH excluding ortho intramolecular Hbond substituents is 2. The fourth-order valence-electron chi connectivity index (χ4n) is 5.16. The SMILES string of the molecule is CC(C)(C)c1cc2c(O)c(c1)Sc1cc(C(C)(C)C)cc(c1S)Sc1cc(C(C)(C)C)cc(c1O)Sc1cc(C(C)(C)C)cc(c1S)S2. The Morgan fingerprint density at radius 3 is 0.688 bits per heavy atom. The van der Waals surface area contributed by atoms with E-state index in [0.29, 0.717) is 0 Å². The molecule has 0 spiro atoms. The van der Waals surface area contributed by atoms with Gasteiger partial charge in [0.2, 0.25) is 0 Å². The van der Waals surface area contributed by atoms with Gasteiger partial charge in [-0.05, 0) is 92.4 Å². The number of hydrogen-bond acceptors (Lipinski definition) is 8. The smallest absolute Gasteiger partial charge is 0.143 e. The van der Waals surface area contributed by atoms with E-state index in [1.807, 2.05) is 0 Å². The summed E-state index contributed by atoms with van der Waals surface area (Å²) in [4.78, 5) is 8.66. The molecule has 4 aromatic carbocycles. The molecule has 1 aliphatic heterocycles. The van der Waals surface area contributed by atoms with Gasteiger partial charge in [-0.15, -0.1) is 25.3 Å². The number of benzene rings is 4. The van der Waals surface area contributed by atoms with E-state index < -0.39 is 0 Å². The molecule has 4 aromatic rings. The molecule has 5 rings (SSSR count). The second-order valence-corrected chi connectivity index (χ2v) is 21.9. The van der Waals surface area contributed by atoms with E-state index in [2.05, 4.69) is 132 Å². The van der Waals surface area contributed by atoms with Gasteiger partial charge in [0.25, 0.3) is 0 Å². The van der Waals surface area contributed by atoms with Crippen molar-refractivity contribution in [3.63, 3.8) is 0 Å². The standard InChI is InChI=1S/C40H48O2S6/c1-37(2,3)21-13-25-33(41)26(14-21)46-30-18-24(40(10,11)12)20-32(36(30)44)48-28-16-22(38(4,5)6)15-27(34(28)42)47-31-19-23(39(7,8)9)17-29(45-25)35(31)43/h13-20,41-44H,1-12H3. The first-order chi connectivity index (χ1) is 21.9. The molecule has 8 bridgehead atoms. The van der Waals surface area contributed by atoms with Crippen LogP contribution < -0.4 is 0 Å². The van der Waals surface area contributed by atoms with E-state index >= 15 is 0 Å². The molecule has 0 unspecified atom stereocenters. The van der Waals surface area contributed by atoms with Crippen LogP contribution >= 0.6 is 72.3 Å². The molecular formula is C40H48O2S6. The number of rotatable bonds is 0. The highest BCUT2D eigenvalue weighted by Crippen LogP contribution is 2.54. The average Bonchev–Trinajstić information content (AvgIpc) is 2.93. The van der Waals surface area contributed by atoms with E-state index in [1.165, 1.54) is 0 Å². The third-order valence-electron chi connectivity index (χ3n) is 8.50. The van der Waals surface area contributed by atoms with E-state index in [1.54, 1.807) is 47.0 Å². The fourth-order valence-corrected chi connectivity index (χ4v) is 10.3. The van der Waals surface area contributed by atoms with E-state index in [9.17, 15) is 10.2 Å². The molecule has 0 amide bonds. The Bertz CT molecular complexity index is 1530. The van der Waals surface area contributed by atoms with Crippen LogP contribution in [0.4, 0.5) is 0 Å². The van der Waals surface area contributed by atoms with Crippen LogP contribution in [-0.4, -0.2) is 10.2 Å². The maximum atomic E-state index is 12.0. The third kappa shape index (κ3) is 8.05. The van der Waals surface area contributed by atoms with Crippen LogP contribution in [-0.2, 0) is 21.7 Å². The second kappa shape index (κ2) is 13.3. The molecule has 48 heavy (non-hydrogen) atoms. The lowest BCUT2D eigenvalue weighted by Crippen LogP contribution is -2.12. The summed E-state index contributed by atoms with van der Waals surface area (Å²) in [6.45, 7) is 26.5. The van der Waals surface area contributed by atoms with Gasteiger partial charge in [-0.2, -0.15) is 0 Å². The van der Waals surface area contributed by atoms with Crippen molar-refractivity contribution in [1.29, 1.82) is 0 Å². The zero-order chi connectivity index (χ0) is 35.7. The molecule has 256 valence electrons. The van der Waals surface area contributed by atoms with Gasteiger partial charge in [-0.3, -0.25) is 0 Å². The summed E-state index contributed by atoms with van der Waals surface area (Å²) in [5.74, 6) is 0.517. The van der Waals surface area contributed by atoms with Crippen LogP contribution in [0, 0.1) is 0 Å². The van der Waals surface area contributed by atoms with Crippen molar-refractivity contribution >= 4 is 72.3 Å². The number of thiol groups is 2. The zero-order valence-electron chi connectivity index (χ0n) is 30.0. The molecule has 2 N–H and O–H groups in total. The van der Waals surface area contributed by atoms with Crippen molar-refractivity contribution < 1.29 is 10.2 Å². The lowest BCUT2D eigenvalue weighted by Gasteiger charge is -2.26. The van der Waals surface area contributed by atoms with E-state index in [0.717, 1.165) is 71.2 Å². The molecule has 0 aromatic heterocycles. The molecule has 0 aliphatic carbocycles. The molecule has 0 saturated heterocycles. The topological polar surface area (TPSA) is 40.5 Å². The molecule has 0 saturated carbocycles. The lowest BCUT2D eigenvalue weighted by atomic mass is 9.87. The van der Waals surface area contributed by atoms with Crippen LogP contribution in [0.3, 0.4) is 0 Å². The second-order valence-electron chi connectivity index (χ2n) is 16.7. The lowest BCUT2D eigenvalue weighted by molar-refractivity contribution is 0.446. The first kappa shape index (κ1) is 37.8. The van der Waals surface area contributed by atoms with Gasteiger partial charge in [0, 0.05) is 29.4 Å². The summed E-state index contributed by atoms with van der Waals surface area (Å²) in [6.07, 6.45) is 0. The third-order valence-corrected chi connectivity index (χ3v) is 14.4. The van der Waals surface area contributed by atoms with Crippen molar-refractivity contribution in [2.24, 2.45) is 0 Å². The van der Waals surface area contributed by atoms with Crippen molar-refractivity contribution in [3.05, 3.63) is 70.8 Å². The largest absolute Gasteiger partial charge is 0.506 e. The van der Waals surface area contributed by atoms with E-state index in [-0.39, 0.29) is 33.2 Å². The highest BCUT2D eigenvalue weighted by atomic mass is 32.2. The van der Waals surface area contributed by atoms with Crippen LogP contribution in [0.2, 0.25) is 0 Å². The summed E-state index contributed by atoms with van der Waals surface area (Å²) in [5, 5.41) is 23.9. The minimum Gasteiger partial charge on any atom is -0.506 e. The zero-order valence-corrected chi connectivity index (χ0v) is 35.1. The van der Waals surface area contributed by atoms with Crippen LogP contribution in [0.15, 0.2) is 97.5 Å². The van der Waals surface area contributed by atoms with Gasteiger partial charge >= 0.3 is 0 Å². The van der Waals surface area contributed by atoms with Gasteiger partial charge in [-0.1, -0.05) is 130 Å². The summed E-state index contributed by atoms with van der Waals surface area (Å²) in [7, 11) is 0. The molecule has 0 fully saturated rings. The predicted molar refractivity (Wildman–Crippen MR) is 215 cm³/mol. The molecule has 2 nitrogen and oxygen atoms in total. The quantitative estimate of drug-likeness (QED) is 0.118. The van der Waals surface area contributed by atoms with Gasteiger partial charge < -0.3 is 10.2 Å². The Labute approximate surface area is 316 Å². The number of fused-ring (bicyclic) bond motifs is 8. The molecule has 8 heteroatoms. The number of hydrogen-bond donors (Lipinski definition) is 4. The fraction of sp³-hybridized carbons (Fsp3) is 0.400. The van der Waals surface area contributed by atoms with Gasteiger partial charge in [0.15, 0.2) is 0 Å². The molecule has 0 radical (unpaired) electrons. The van der Waals surface area contributed by atoms with Crippen molar-refractivity contribution in [1.82, 2.24) is 0 Å². The van der Waals surface area contributed by atoms with Gasteiger partial charge in [0.05, 0.1) is 19.6 Å². The number of aromatic hydroxyl groups is 2.